The van der Waals surface area contributed by atoms with E-state index < -0.39 is 5.82 Å². The van der Waals surface area contributed by atoms with Crippen LogP contribution in [0, 0.1) is 11.6 Å². The second kappa shape index (κ2) is 6.87. The summed E-state index contributed by atoms with van der Waals surface area (Å²) in [6.07, 6.45) is 0. The normalized spacial score (nSPS) is 12.2. The van der Waals surface area contributed by atoms with E-state index in [0.717, 1.165) is 0 Å². The van der Waals surface area contributed by atoms with Crippen molar-refractivity contribution in [1.82, 2.24) is 5.32 Å². The van der Waals surface area contributed by atoms with Gasteiger partial charge in [-0.3, -0.25) is 0 Å². The minimum atomic E-state index is -0.423. The topological polar surface area (TPSA) is 21.3 Å². The molecule has 0 bridgehead atoms. The molecule has 0 aliphatic rings. The Labute approximate surface area is 127 Å². The van der Waals surface area contributed by atoms with Gasteiger partial charge in [-0.15, -0.1) is 0 Å². The molecule has 1 unspecified atom stereocenters. The molecule has 0 aliphatic carbocycles. The molecule has 0 saturated carbocycles. The van der Waals surface area contributed by atoms with Gasteiger partial charge in [-0.05, 0) is 44.3 Å². The average Bonchev–Trinajstić information content (AvgIpc) is 2.46. The fourth-order valence-electron chi connectivity index (χ4n) is 1.94. The summed E-state index contributed by atoms with van der Waals surface area (Å²) in [6.45, 7) is 1.95. The van der Waals surface area contributed by atoms with E-state index in [1.165, 1.54) is 18.2 Å². The number of hydrogen-bond acceptors (Lipinski definition) is 2. The number of nitrogens with one attached hydrogen (secondary N) is 1. The first-order valence-electron chi connectivity index (χ1n) is 6.54. The fraction of sp³-hybridized carbons (Fsp3) is 0.250. The van der Waals surface area contributed by atoms with Crippen molar-refractivity contribution >= 4 is 11.6 Å². The molecular formula is C16H16ClF2NO. The van der Waals surface area contributed by atoms with Crippen LogP contribution in [-0.4, -0.2) is 7.05 Å². The van der Waals surface area contributed by atoms with Crippen LogP contribution in [0.3, 0.4) is 0 Å². The third-order valence-electron chi connectivity index (χ3n) is 3.27. The monoisotopic (exact) mass is 311 g/mol. The summed E-state index contributed by atoms with van der Waals surface area (Å²) < 4.78 is 32.7. The Morgan fingerprint density at radius 1 is 1.19 bits per heavy atom. The Bertz CT molecular complexity index is 634. The van der Waals surface area contributed by atoms with Crippen LogP contribution in [0.5, 0.6) is 5.75 Å². The second-order valence-electron chi connectivity index (χ2n) is 4.72. The quantitative estimate of drug-likeness (QED) is 0.879. The SMILES string of the molecule is CNC(C)c1cc(F)ccc1OCc1ccc(Cl)cc1F. The first-order chi connectivity index (χ1) is 10.0. The lowest BCUT2D eigenvalue weighted by molar-refractivity contribution is 0.293. The van der Waals surface area contributed by atoms with E-state index in [-0.39, 0.29) is 18.5 Å². The third-order valence-corrected chi connectivity index (χ3v) is 3.50. The molecule has 0 aromatic heterocycles. The number of ether oxygens (including phenoxy) is 1. The van der Waals surface area contributed by atoms with Gasteiger partial charge >= 0.3 is 0 Å². The van der Waals surface area contributed by atoms with Gasteiger partial charge in [0.25, 0.3) is 0 Å². The van der Waals surface area contributed by atoms with Crippen LogP contribution in [0.25, 0.3) is 0 Å². The molecule has 1 atom stereocenters. The smallest absolute Gasteiger partial charge is 0.131 e. The van der Waals surface area contributed by atoms with Gasteiger partial charge in [0.15, 0.2) is 0 Å². The van der Waals surface area contributed by atoms with Gasteiger partial charge in [0, 0.05) is 22.2 Å². The van der Waals surface area contributed by atoms with Crippen molar-refractivity contribution in [3.05, 3.63) is 64.2 Å². The fourth-order valence-corrected chi connectivity index (χ4v) is 2.10. The van der Waals surface area contributed by atoms with E-state index in [1.807, 2.05) is 6.92 Å². The predicted octanol–water partition coefficient (Wildman–Crippen LogP) is 4.48. The van der Waals surface area contributed by atoms with E-state index >= 15 is 0 Å². The minimum absolute atomic E-state index is 0.0536. The number of benzene rings is 2. The zero-order valence-electron chi connectivity index (χ0n) is 11.8. The van der Waals surface area contributed by atoms with Crippen LogP contribution < -0.4 is 10.1 Å². The number of halogens is 3. The number of rotatable bonds is 5. The Balaban J connectivity index is 2.19. The van der Waals surface area contributed by atoms with Gasteiger partial charge in [0.05, 0.1) is 0 Å². The highest BCUT2D eigenvalue weighted by molar-refractivity contribution is 6.30. The molecule has 0 saturated heterocycles. The van der Waals surface area contributed by atoms with E-state index in [9.17, 15) is 8.78 Å². The van der Waals surface area contributed by atoms with Crippen molar-refractivity contribution in [3.63, 3.8) is 0 Å². The van der Waals surface area contributed by atoms with Crippen LogP contribution in [-0.2, 0) is 6.61 Å². The molecule has 0 spiro atoms. The Morgan fingerprint density at radius 2 is 1.95 bits per heavy atom. The molecule has 2 rings (SSSR count). The number of hydrogen-bond donors (Lipinski definition) is 1. The van der Waals surface area contributed by atoms with Gasteiger partial charge in [0.1, 0.15) is 24.0 Å². The minimum Gasteiger partial charge on any atom is -0.488 e. The van der Waals surface area contributed by atoms with Crippen molar-refractivity contribution < 1.29 is 13.5 Å². The Morgan fingerprint density at radius 3 is 2.62 bits per heavy atom. The maximum atomic E-state index is 13.7. The van der Waals surface area contributed by atoms with E-state index in [4.69, 9.17) is 16.3 Å². The molecular weight excluding hydrogens is 296 g/mol. The van der Waals surface area contributed by atoms with Gasteiger partial charge < -0.3 is 10.1 Å². The Hall–Kier alpha value is -1.65. The zero-order valence-corrected chi connectivity index (χ0v) is 12.5. The Kier molecular flexibility index (Phi) is 5.15. The summed E-state index contributed by atoms with van der Waals surface area (Å²) in [5, 5.41) is 3.36. The summed E-state index contributed by atoms with van der Waals surface area (Å²) in [5.41, 5.74) is 1.08. The van der Waals surface area contributed by atoms with Gasteiger partial charge in [-0.25, -0.2) is 8.78 Å². The summed E-state index contributed by atoms with van der Waals surface area (Å²) in [5.74, 6) is -0.238. The standard InChI is InChI=1S/C16H16ClF2NO/c1-10(20-2)14-8-13(18)5-6-16(14)21-9-11-3-4-12(17)7-15(11)19/h3-8,10,20H,9H2,1-2H3. The first kappa shape index (κ1) is 15.7. The molecule has 2 aromatic rings. The van der Waals surface area contributed by atoms with E-state index in [2.05, 4.69) is 5.32 Å². The molecule has 21 heavy (non-hydrogen) atoms. The van der Waals surface area contributed by atoms with E-state index in [1.54, 1.807) is 25.2 Å². The van der Waals surface area contributed by atoms with Gasteiger partial charge in [-0.2, -0.15) is 0 Å². The lowest BCUT2D eigenvalue weighted by Gasteiger charge is -2.17. The summed E-state index contributed by atoms with van der Waals surface area (Å²) in [4.78, 5) is 0. The van der Waals surface area contributed by atoms with Crippen LogP contribution in [0.1, 0.15) is 24.1 Å². The molecule has 0 heterocycles. The average molecular weight is 312 g/mol. The molecule has 2 nitrogen and oxygen atoms in total. The van der Waals surface area contributed by atoms with Crippen molar-refractivity contribution in [2.45, 2.75) is 19.6 Å². The van der Waals surface area contributed by atoms with Crippen molar-refractivity contribution in [2.24, 2.45) is 0 Å². The van der Waals surface area contributed by atoms with Crippen LogP contribution in [0.15, 0.2) is 36.4 Å². The maximum absolute atomic E-state index is 13.7. The van der Waals surface area contributed by atoms with Crippen molar-refractivity contribution in [1.29, 1.82) is 0 Å². The highest BCUT2D eigenvalue weighted by Crippen LogP contribution is 2.27. The summed E-state index contributed by atoms with van der Waals surface area (Å²) in [7, 11) is 1.78. The summed E-state index contributed by atoms with van der Waals surface area (Å²) >= 11 is 5.71. The van der Waals surface area contributed by atoms with Gasteiger partial charge in [0.2, 0.25) is 0 Å². The van der Waals surface area contributed by atoms with Crippen LogP contribution >= 0.6 is 11.6 Å². The molecule has 5 heteroatoms. The van der Waals surface area contributed by atoms with Gasteiger partial charge in [-0.1, -0.05) is 17.7 Å². The maximum Gasteiger partial charge on any atom is 0.131 e. The molecule has 0 fully saturated rings. The largest absolute Gasteiger partial charge is 0.488 e. The van der Waals surface area contributed by atoms with Crippen LogP contribution in [0.4, 0.5) is 8.78 Å². The molecule has 0 aliphatic heterocycles. The van der Waals surface area contributed by atoms with Crippen molar-refractivity contribution in [2.75, 3.05) is 7.05 Å². The van der Waals surface area contributed by atoms with E-state index in [0.29, 0.717) is 21.9 Å². The molecule has 1 N–H and O–H groups in total. The highest BCUT2D eigenvalue weighted by Gasteiger charge is 2.12. The lowest BCUT2D eigenvalue weighted by Crippen LogP contribution is -2.14. The predicted molar refractivity (Wildman–Crippen MR) is 79.6 cm³/mol. The highest BCUT2D eigenvalue weighted by atomic mass is 35.5. The van der Waals surface area contributed by atoms with Crippen molar-refractivity contribution in [3.8, 4) is 5.75 Å². The second-order valence-corrected chi connectivity index (χ2v) is 5.15. The zero-order chi connectivity index (χ0) is 15.4. The molecule has 0 radical (unpaired) electrons. The summed E-state index contributed by atoms with van der Waals surface area (Å²) in [6, 6.07) is 8.61. The lowest BCUT2D eigenvalue weighted by atomic mass is 10.1. The molecule has 2 aromatic carbocycles. The molecule has 112 valence electrons. The van der Waals surface area contributed by atoms with Crippen LogP contribution in [0.2, 0.25) is 5.02 Å². The third kappa shape index (κ3) is 3.93. The first-order valence-corrected chi connectivity index (χ1v) is 6.92. The molecule has 0 amide bonds.